The van der Waals surface area contributed by atoms with Gasteiger partial charge in [-0.1, -0.05) is 113 Å². The number of hydrogen-bond acceptors (Lipinski definition) is 2. The molecule has 0 radical (unpaired) electrons. The molecule has 0 saturated heterocycles. The molecule has 0 amide bonds. The van der Waals surface area contributed by atoms with Crippen molar-refractivity contribution in [1.82, 2.24) is 0 Å². The maximum atomic E-state index is 13.4. The van der Waals surface area contributed by atoms with Gasteiger partial charge in [0.25, 0.3) is 0 Å². The van der Waals surface area contributed by atoms with Crippen molar-refractivity contribution >= 4 is 54.8 Å². The van der Waals surface area contributed by atoms with E-state index in [4.69, 9.17) is 5.11 Å². The van der Waals surface area contributed by atoms with E-state index in [9.17, 15) is 9.59 Å². The van der Waals surface area contributed by atoms with Gasteiger partial charge >= 0.3 is 5.97 Å². The number of ketones is 1. The maximum Gasteiger partial charge on any atom is 0.303 e. The molecule has 1 N–H and O–H groups in total. The molecule has 3 nitrogen and oxygen atoms in total. The van der Waals surface area contributed by atoms with Gasteiger partial charge in [-0.25, -0.2) is 0 Å². The highest BCUT2D eigenvalue weighted by Crippen LogP contribution is 2.42. The lowest BCUT2D eigenvalue weighted by Gasteiger charge is -2.17. The van der Waals surface area contributed by atoms with Crippen LogP contribution in [-0.2, 0) is 11.2 Å². The zero-order valence-corrected chi connectivity index (χ0v) is 23.2. The Hall–Kier alpha value is -3.46. The second-order valence-electron chi connectivity index (χ2n) is 11.1. The number of aliphatic carboxylic acids is 1. The van der Waals surface area contributed by atoms with Crippen molar-refractivity contribution in [3.63, 3.8) is 0 Å². The number of unbranched alkanes of at least 4 members (excludes halogenated alkanes) is 8. The highest BCUT2D eigenvalue weighted by molar-refractivity contribution is 6.34. The Balaban J connectivity index is 1.41. The Labute approximate surface area is 231 Å². The SMILES string of the molecule is CCCCCCc1ccc2c3ccc(C(=O)CCCCCCCCC(=O)O)c4cccc(c5cccc1c52)c43. The normalized spacial score (nSPS) is 11.8. The lowest BCUT2D eigenvalue weighted by molar-refractivity contribution is -0.137. The molecule has 202 valence electrons. The summed E-state index contributed by atoms with van der Waals surface area (Å²) in [7, 11) is 0. The van der Waals surface area contributed by atoms with Crippen LogP contribution in [0.15, 0.2) is 60.7 Å². The topological polar surface area (TPSA) is 54.4 Å². The quantitative estimate of drug-likeness (QED) is 0.0646. The fourth-order valence-corrected chi connectivity index (χ4v) is 6.38. The molecule has 5 aromatic carbocycles. The zero-order chi connectivity index (χ0) is 27.2. The number of hydrogen-bond donors (Lipinski definition) is 1. The molecule has 3 heteroatoms. The standard InChI is InChI=1S/C36H40O3/c1-2-3-4-9-14-25-21-22-31-32-24-23-27(33(37)19-10-7-5-6-8-11-20-34(38)39)28-16-13-18-30(36(28)32)29-17-12-15-26(25)35(29)31/h12-13,15-18,21-24H,2-11,14,19-20H2,1H3,(H,38,39). The molecule has 0 bridgehead atoms. The third-order valence-corrected chi connectivity index (χ3v) is 8.40. The fraction of sp³-hybridized carbons (Fsp3) is 0.389. The monoisotopic (exact) mass is 520 g/mol. The molecule has 0 fully saturated rings. The molecule has 5 rings (SSSR count). The molecule has 0 saturated carbocycles. The van der Waals surface area contributed by atoms with Crippen LogP contribution in [0.2, 0.25) is 0 Å². The smallest absolute Gasteiger partial charge is 0.303 e. The first-order chi connectivity index (χ1) is 19.1. The number of aryl methyl sites for hydroxylation is 1. The van der Waals surface area contributed by atoms with Crippen LogP contribution in [0.3, 0.4) is 0 Å². The summed E-state index contributed by atoms with van der Waals surface area (Å²) in [4.78, 5) is 24.0. The van der Waals surface area contributed by atoms with E-state index in [-0.39, 0.29) is 12.2 Å². The second-order valence-corrected chi connectivity index (χ2v) is 11.1. The van der Waals surface area contributed by atoms with Crippen LogP contribution in [0.4, 0.5) is 0 Å². The predicted octanol–water partition coefficient (Wildman–Crippen LogP) is 10.2. The molecule has 0 aliphatic heterocycles. The van der Waals surface area contributed by atoms with Crippen LogP contribution in [0, 0.1) is 0 Å². The summed E-state index contributed by atoms with van der Waals surface area (Å²) in [5, 5.41) is 18.8. The van der Waals surface area contributed by atoms with E-state index in [0.29, 0.717) is 6.42 Å². The molecule has 0 unspecified atom stereocenters. The van der Waals surface area contributed by atoms with Gasteiger partial charge in [-0.15, -0.1) is 0 Å². The highest BCUT2D eigenvalue weighted by Gasteiger charge is 2.18. The first kappa shape index (κ1) is 27.1. The van der Waals surface area contributed by atoms with Crippen molar-refractivity contribution in [3.8, 4) is 0 Å². The van der Waals surface area contributed by atoms with Gasteiger partial charge < -0.3 is 5.11 Å². The largest absolute Gasteiger partial charge is 0.481 e. The second kappa shape index (κ2) is 12.6. The summed E-state index contributed by atoms with van der Waals surface area (Å²) in [6.07, 6.45) is 12.7. The number of Topliss-reactive ketones (excluding diaryl/α,β-unsaturated/α-hetero) is 1. The summed E-state index contributed by atoms with van der Waals surface area (Å²) >= 11 is 0. The lowest BCUT2D eigenvalue weighted by Crippen LogP contribution is -2.01. The minimum Gasteiger partial charge on any atom is -0.481 e. The Bertz CT molecular complexity index is 1580. The summed E-state index contributed by atoms with van der Waals surface area (Å²) in [5.74, 6) is -0.500. The van der Waals surface area contributed by atoms with Gasteiger partial charge in [-0.3, -0.25) is 9.59 Å². The third kappa shape index (κ3) is 5.78. The minimum absolute atomic E-state index is 0.219. The van der Waals surface area contributed by atoms with Gasteiger partial charge in [0.15, 0.2) is 5.78 Å². The van der Waals surface area contributed by atoms with E-state index >= 15 is 0 Å². The summed E-state index contributed by atoms with van der Waals surface area (Å²) < 4.78 is 0. The molecular formula is C36H40O3. The third-order valence-electron chi connectivity index (χ3n) is 8.40. The first-order valence-electron chi connectivity index (χ1n) is 15.0. The van der Waals surface area contributed by atoms with E-state index < -0.39 is 5.97 Å². The van der Waals surface area contributed by atoms with Crippen LogP contribution in [0.5, 0.6) is 0 Å². The van der Waals surface area contributed by atoms with Gasteiger partial charge in [-0.2, -0.15) is 0 Å². The minimum atomic E-state index is -0.718. The predicted molar refractivity (Wildman–Crippen MR) is 164 cm³/mol. The Morgan fingerprint density at radius 3 is 1.79 bits per heavy atom. The average Bonchev–Trinajstić information content (AvgIpc) is 2.95. The number of carbonyl (C=O) groups excluding carboxylic acids is 1. The number of carboxylic acids is 1. The number of fused-ring (bicyclic) bond motifs is 2. The van der Waals surface area contributed by atoms with E-state index in [1.54, 1.807) is 0 Å². The van der Waals surface area contributed by atoms with Crippen molar-refractivity contribution in [2.75, 3.05) is 0 Å². The van der Waals surface area contributed by atoms with E-state index in [1.807, 2.05) is 6.07 Å². The molecular weight excluding hydrogens is 480 g/mol. The molecule has 0 aliphatic carbocycles. The van der Waals surface area contributed by atoms with Crippen LogP contribution >= 0.6 is 0 Å². The molecule has 0 aromatic heterocycles. The van der Waals surface area contributed by atoms with Gasteiger partial charge in [0, 0.05) is 18.4 Å². The Morgan fingerprint density at radius 2 is 1.10 bits per heavy atom. The highest BCUT2D eigenvalue weighted by atomic mass is 16.4. The Morgan fingerprint density at radius 1 is 0.564 bits per heavy atom. The van der Waals surface area contributed by atoms with Crippen LogP contribution < -0.4 is 0 Å². The fourth-order valence-electron chi connectivity index (χ4n) is 6.38. The van der Waals surface area contributed by atoms with Crippen molar-refractivity contribution in [2.45, 2.75) is 90.4 Å². The summed E-state index contributed by atoms with van der Waals surface area (Å²) in [5.41, 5.74) is 2.27. The lowest BCUT2D eigenvalue weighted by atomic mass is 9.85. The first-order valence-corrected chi connectivity index (χ1v) is 15.0. The van der Waals surface area contributed by atoms with Gasteiger partial charge in [-0.05, 0) is 74.3 Å². The average molecular weight is 521 g/mol. The molecule has 0 heterocycles. The zero-order valence-electron chi connectivity index (χ0n) is 23.2. The van der Waals surface area contributed by atoms with Gasteiger partial charge in [0.1, 0.15) is 0 Å². The van der Waals surface area contributed by atoms with Crippen molar-refractivity contribution in [2.24, 2.45) is 0 Å². The maximum absolute atomic E-state index is 13.4. The number of benzene rings is 5. The van der Waals surface area contributed by atoms with E-state index in [1.165, 1.54) is 69.0 Å². The van der Waals surface area contributed by atoms with Crippen LogP contribution in [-0.4, -0.2) is 16.9 Å². The molecule has 0 spiro atoms. The van der Waals surface area contributed by atoms with Gasteiger partial charge in [0.2, 0.25) is 0 Å². The number of carbonyl (C=O) groups is 2. The van der Waals surface area contributed by atoms with Crippen molar-refractivity contribution in [1.29, 1.82) is 0 Å². The molecule has 39 heavy (non-hydrogen) atoms. The summed E-state index contributed by atoms with van der Waals surface area (Å²) in [6, 6.07) is 22.0. The van der Waals surface area contributed by atoms with Crippen LogP contribution in [0.1, 0.15) is 99.9 Å². The van der Waals surface area contributed by atoms with E-state index in [0.717, 1.165) is 55.9 Å². The van der Waals surface area contributed by atoms with Crippen molar-refractivity contribution < 1.29 is 14.7 Å². The van der Waals surface area contributed by atoms with Crippen LogP contribution in [0.25, 0.3) is 43.1 Å². The molecule has 0 aliphatic rings. The van der Waals surface area contributed by atoms with E-state index in [2.05, 4.69) is 61.5 Å². The van der Waals surface area contributed by atoms with Crippen molar-refractivity contribution in [3.05, 3.63) is 71.8 Å². The molecule has 5 aromatic rings. The molecule has 0 atom stereocenters. The summed E-state index contributed by atoms with van der Waals surface area (Å²) in [6.45, 7) is 2.26. The number of carboxylic acid groups (broad SMARTS) is 1. The Kier molecular flexibility index (Phi) is 8.76. The van der Waals surface area contributed by atoms with Gasteiger partial charge in [0.05, 0.1) is 0 Å². The number of rotatable bonds is 15.